The Morgan fingerprint density at radius 1 is 1.32 bits per heavy atom. The number of nitrogens with zero attached hydrogens (tertiary/aromatic N) is 1. The Kier molecular flexibility index (Phi) is 7.26. The Labute approximate surface area is 142 Å². The molecule has 0 aromatic heterocycles. The standard InChI is InChI=1S/C16H22N2O2S.ClH/c1-12-13(2)18(4)16(17(12)3)21-11-14(19)10-20-15-8-6-5-7-9-15;/h5-9,16H,10-11H2,1-4H3;1H. The van der Waals surface area contributed by atoms with Crippen molar-refractivity contribution >= 4 is 17.5 Å². The summed E-state index contributed by atoms with van der Waals surface area (Å²) in [4.78, 5) is 15.5. The summed E-state index contributed by atoms with van der Waals surface area (Å²) in [7, 11) is 4.23. The van der Waals surface area contributed by atoms with Crippen molar-refractivity contribution in [1.82, 2.24) is 4.90 Å². The second-order valence-electron chi connectivity index (χ2n) is 5.31. The van der Waals surface area contributed by atoms with E-state index in [4.69, 9.17) is 4.74 Å². The van der Waals surface area contributed by atoms with E-state index < -0.39 is 0 Å². The first-order chi connectivity index (χ1) is 10.0. The summed E-state index contributed by atoms with van der Waals surface area (Å²) in [6.07, 6.45) is 0. The topological polar surface area (TPSA) is 34.0 Å². The van der Waals surface area contributed by atoms with E-state index in [0.717, 1.165) is 5.75 Å². The van der Waals surface area contributed by atoms with Crippen LogP contribution in [0.15, 0.2) is 41.7 Å². The highest BCUT2D eigenvalue weighted by atomic mass is 35.5. The number of nitrogens with one attached hydrogen (secondary N) is 1. The van der Waals surface area contributed by atoms with Crippen molar-refractivity contribution in [2.45, 2.75) is 19.3 Å². The maximum atomic E-state index is 12.0. The van der Waals surface area contributed by atoms with Gasteiger partial charge in [-0.15, -0.1) is 0 Å². The number of benzene rings is 1. The predicted octanol–water partition coefficient (Wildman–Crippen LogP) is -1.63. The summed E-state index contributed by atoms with van der Waals surface area (Å²) >= 11 is 1.67. The van der Waals surface area contributed by atoms with Crippen LogP contribution in [0.4, 0.5) is 0 Å². The fraction of sp³-hybridized carbons (Fsp3) is 0.438. The van der Waals surface area contributed by atoms with Crippen LogP contribution >= 0.6 is 11.8 Å². The number of hydrogen-bond donors (Lipinski definition) is 1. The normalized spacial score (nSPS) is 20.8. The van der Waals surface area contributed by atoms with E-state index in [0.29, 0.717) is 5.75 Å². The first-order valence-electron chi connectivity index (χ1n) is 7.06. The third kappa shape index (κ3) is 4.41. The van der Waals surface area contributed by atoms with Gasteiger partial charge in [0.15, 0.2) is 5.78 Å². The van der Waals surface area contributed by atoms with Crippen LogP contribution < -0.4 is 22.0 Å². The molecule has 0 bridgehead atoms. The lowest BCUT2D eigenvalue weighted by Crippen LogP contribution is -3.09. The maximum Gasteiger partial charge on any atom is 0.216 e. The highest BCUT2D eigenvalue weighted by molar-refractivity contribution is 8.00. The van der Waals surface area contributed by atoms with Crippen molar-refractivity contribution in [2.24, 2.45) is 0 Å². The van der Waals surface area contributed by atoms with Gasteiger partial charge in [0.25, 0.3) is 0 Å². The first kappa shape index (κ1) is 18.9. The van der Waals surface area contributed by atoms with E-state index in [1.54, 1.807) is 11.8 Å². The number of Topliss-reactive ketones (excluding diaryl/α,β-unsaturated/α-hetero) is 1. The lowest BCUT2D eigenvalue weighted by Gasteiger charge is -2.23. The Morgan fingerprint density at radius 3 is 2.50 bits per heavy atom. The van der Waals surface area contributed by atoms with Crippen LogP contribution in [0.5, 0.6) is 5.75 Å². The molecule has 0 spiro atoms. The zero-order valence-electron chi connectivity index (χ0n) is 13.4. The monoisotopic (exact) mass is 342 g/mol. The van der Waals surface area contributed by atoms with E-state index >= 15 is 0 Å². The number of ether oxygens (including phenoxy) is 1. The second kappa shape index (κ2) is 8.46. The van der Waals surface area contributed by atoms with Crippen molar-refractivity contribution in [3.63, 3.8) is 0 Å². The number of halogens is 1. The number of hydrogen-bond acceptors (Lipinski definition) is 4. The van der Waals surface area contributed by atoms with Crippen molar-refractivity contribution in [1.29, 1.82) is 0 Å². The van der Waals surface area contributed by atoms with Gasteiger partial charge in [-0.1, -0.05) is 30.0 Å². The molecule has 0 radical (unpaired) electrons. The van der Waals surface area contributed by atoms with Crippen LogP contribution in [0.3, 0.4) is 0 Å². The molecule has 122 valence electrons. The molecular weight excluding hydrogens is 320 g/mol. The number of para-hydroxylation sites is 1. The number of carbonyl (C=O) groups is 1. The number of carbonyl (C=O) groups excluding carboxylic acids is 1. The number of quaternary nitrogens is 1. The number of ketones is 1. The third-order valence-corrected chi connectivity index (χ3v) is 5.40. The Hall–Kier alpha value is -1.17. The number of thioether (sulfide) groups is 1. The molecule has 2 unspecified atom stereocenters. The summed E-state index contributed by atoms with van der Waals surface area (Å²) in [5, 5.41) is 0. The zero-order chi connectivity index (χ0) is 15.4. The Morgan fingerprint density at radius 2 is 1.95 bits per heavy atom. The average molecular weight is 343 g/mol. The van der Waals surface area contributed by atoms with Crippen molar-refractivity contribution in [3.05, 3.63) is 41.7 Å². The molecule has 1 N–H and O–H groups in total. The van der Waals surface area contributed by atoms with Crippen LogP contribution in [0.2, 0.25) is 0 Å². The third-order valence-electron chi connectivity index (χ3n) is 3.93. The van der Waals surface area contributed by atoms with Gasteiger partial charge in [0, 0.05) is 14.0 Å². The van der Waals surface area contributed by atoms with Gasteiger partial charge in [0.2, 0.25) is 5.50 Å². The molecular formula is C16H23ClN2O2S. The quantitative estimate of drug-likeness (QED) is 0.673. The predicted molar refractivity (Wildman–Crippen MR) is 86.2 cm³/mol. The first-order valence-corrected chi connectivity index (χ1v) is 8.11. The fourth-order valence-corrected chi connectivity index (χ4v) is 3.57. The number of rotatable bonds is 6. The van der Waals surface area contributed by atoms with Crippen molar-refractivity contribution < 1.29 is 26.8 Å². The molecule has 1 aliphatic rings. The van der Waals surface area contributed by atoms with Gasteiger partial charge in [0.1, 0.15) is 18.1 Å². The largest absolute Gasteiger partial charge is 1.00 e. The van der Waals surface area contributed by atoms with Gasteiger partial charge in [-0.05, 0) is 19.1 Å². The van der Waals surface area contributed by atoms with Crippen LogP contribution in [0.25, 0.3) is 0 Å². The molecule has 0 amide bonds. The SMILES string of the molecule is CC1=C(C)[NH+](C)C(SCC(=O)COc2ccccc2)N1C.[Cl-]. The smallest absolute Gasteiger partial charge is 0.216 e. The minimum atomic E-state index is 0. The summed E-state index contributed by atoms with van der Waals surface area (Å²) in [6.45, 7) is 4.40. The zero-order valence-corrected chi connectivity index (χ0v) is 15.0. The Bertz CT molecular complexity index is 518. The lowest BCUT2D eigenvalue weighted by atomic mass is 10.3. The van der Waals surface area contributed by atoms with Crippen LogP contribution in [-0.2, 0) is 4.79 Å². The molecule has 0 saturated heterocycles. The van der Waals surface area contributed by atoms with E-state index in [1.807, 2.05) is 30.3 Å². The van der Waals surface area contributed by atoms with Gasteiger partial charge in [-0.2, -0.15) is 0 Å². The minimum Gasteiger partial charge on any atom is -1.00 e. The highest BCUT2D eigenvalue weighted by Crippen LogP contribution is 2.20. The highest BCUT2D eigenvalue weighted by Gasteiger charge is 2.34. The maximum absolute atomic E-state index is 12.0. The molecule has 1 aliphatic heterocycles. The van der Waals surface area contributed by atoms with E-state index in [1.165, 1.54) is 16.3 Å². The molecule has 2 rings (SSSR count). The minimum absolute atomic E-state index is 0. The molecule has 1 aromatic rings. The van der Waals surface area contributed by atoms with Crippen LogP contribution in [0.1, 0.15) is 13.8 Å². The fourth-order valence-electron chi connectivity index (χ4n) is 2.33. The molecule has 6 heteroatoms. The van der Waals surface area contributed by atoms with Gasteiger partial charge in [0.05, 0.1) is 18.5 Å². The number of allylic oxidation sites excluding steroid dienone is 2. The van der Waals surface area contributed by atoms with E-state index in [2.05, 4.69) is 32.8 Å². The molecule has 0 fully saturated rings. The summed E-state index contributed by atoms with van der Waals surface area (Å²) in [5.41, 5.74) is 2.90. The average Bonchev–Trinajstić information content (AvgIpc) is 2.68. The van der Waals surface area contributed by atoms with Gasteiger partial charge in [-0.3, -0.25) is 9.69 Å². The summed E-state index contributed by atoms with van der Waals surface area (Å²) in [5.74, 6) is 1.33. The molecule has 0 aliphatic carbocycles. The van der Waals surface area contributed by atoms with Crippen molar-refractivity contribution in [2.75, 3.05) is 26.5 Å². The van der Waals surface area contributed by atoms with Gasteiger partial charge in [-0.25, -0.2) is 0 Å². The Balaban J connectivity index is 0.00000242. The second-order valence-corrected chi connectivity index (χ2v) is 6.38. The summed E-state index contributed by atoms with van der Waals surface area (Å²) < 4.78 is 5.49. The molecule has 2 atom stereocenters. The molecule has 22 heavy (non-hydrogen) atoms. The lowest BCUT2D eigenvalue weighted by molar-refractivity contribution is -0.851. The molecule has 0 saturated carbocycles. The molecule has 4 nitrogen and oxygen atoms in total. The van der Waals surface area contributed by atoms with Crippen LogP contribution in [-0.4, -0.2) is 42.6 Å². The van der Waals surface area contributed by atoms with Crippen molar-refractivity contribution in [3.8, 4) is 5.75 Å². The van der Waals surface area contributed by atoms with Gasteiger partial charge >= 0.3 is 0 Å². The molecule has 1 aromatic carbocycles. The van der Waals surface area contributed by atoms with Gasteiger partial charge < -0.3 is 22.0 Å². The summed E-state index contributed by atoms with van der Waals surface area (Å²) in [6, 6.07) is 9.45. The van der Waals surface area contributed by atoms with E-state index in [-0.39, 0.29) is 30.3 Å². The van der Waals surface area contributed by atoms with Crippen LogP contribution in [0, 0.1) is 0 Å². The molecule has 1 heterocycles. The van der Waals surface area contributed by atoms with E-state index in [9.17, 15) is 4.79 Å².